The standard InChI is InChI=1S/C15H19N5O4S/c1-9(2)19-8-16-18-15(19)25-7-14(21)17-11-6-13(24-4)12(20(22)23)5-10(11)3/h5-6,8-9H,7H2,1-4H3,(H,17,21). The molecule has 134 valence electrons. The molecule has 0 atom stereocenters. The van der Waals surface area contributed by atoms with Gasteiger partial charge < -0.3 is 14.6 Å². The van der Waals surface area contributed by atoms with Crippen molar-refractivity contribution in [3.05, 3.63) is 34.1 Å². The van der Waals surface area contributed by atoms with E-state index in [1.54, 1.807) is 13.3 Å². The second-order valence-electron chi connectivity index (χ2n) is 5.55. The number of nitro benzene ring substituents is 1. The van der Waals surface area contributed by atoms with Crippen molar-refractivity contribution in [1.82, 2.24) is 14.8 Å². The highest BCUT2D eigenvalue weighted by atomic mass is 32.2. The topological polar surface area (TPSA) is 112 Å². The lowest BCUT2D eigenvalue weighted by Gasteiger charge is -2.11. The average molecular weight is 365 g/mol. The summed E-state index contributed by atoms with van der Waals surface area (Å²) in [6.45, 7) is 5.69. The van der Waals surface area contributed by atoms with E-state index in [0.29, 0.717) is 16.4 Å². The predicted octanol–water partition coefficient (Wildman–Crippen LogP) is 2.82. The Morgan fingerprint density at radius 1 is 1.48 bits per heavy atom. The number of benzene rings is 1. The molecule has 25 heavy (non-hydrogen) atoms. The summed E-state index contributed by atoms with van der Waals surface area (Å²) in [4.78, 5) is 22.7. The van der Waals surface area contributed by atoms with Gasteiger partial charge in [-0.3, -0.25) is 14.9 Å². The Kier molecular flexibility index (Phi) is 5.97. The number of ether oxygens (including phenoxy) is 1. The van der Waals surface area contributed by atoms with E-state index in [-0.39, 0.29) is 29.1 Å². The lowest BCUT2D eigenvalue weighted by atomic mass is 10.1. The zero-order chi connectivity index (χ0) is 18.6. The fourth-order valence-corrected chi connectivity index (χ4v) is 2.96. The molecule has 0 aliphatic heterocycles. The first-order valence-corrected chi connectivity index (χ1v) is 8.47. The smallest absolute Gasteiger partial charge is 0.311 e. The monoisotopic (exact) mass is 365 g/mol. The first-order chi connectivity index (χ1) is 11.8. The van der Waals surface area contributed by atoms with Crippen LogP contribution in [0.15, 0.2) is 23.6 Å². The maximum absolute atomic E-state index is 12.2. The summed E-state index contributed by atoms with van der Waals surface area (Å²) >= 11 is 1.27. The molecule has 2 rings (SSSR count). The first kappa shape index (κ1) is 18.7. The van der Waals surface area contributed by atoms with Crippen LogP contribution in [-0.2, 0) is 4.79 Å². The van der Waals surface area contributed by atoms with Crippen molar-refractivity contribution < 1.29 is 14.5 Å². The zero-order valence-electron chi connectivity index (χ0n) is 14.3. The Morgan fingerprint density at radius 3 is 2.80 bits per heavy atom. The van der Waals surface area contributed by atoms with Crippen LogP contribution in [0.2, 0.25) is 0 Å². The third-order valence-electron chi connectivity index (χ3n) is 3.43. The van der Waals surface area contributed by atoms with Crippen LogP contribution >= 0.6 is 11.8 Å². The van der Waals surface area contributed by atoms with Gasteiger partial charge in [0.2, 0.25) is 5.91 Å². The Balaban J connectivity index is 2.07. The number of hydrogen-bond acceptors (Lipinski definition) is 7. The fourth-order valence-electron chi connectivity index (χ4n) is 2.12. The Labute approximate surface area is 148 Å². The molecule has 0 radical (unpaired) electrons. The van der Waals surface area contributed by atoms with Crippen LogP contribution in [0.25, 0.3) is 0 Å². The Hall–Kier alpha value is -2.62. The second-order valence-corrected chi connectivity index (χ2v) is 6.49. The Morgan fingerprint density at radius 2 is 2.20 bits per heavy atom. The molecule has 0 aliphatic rings. The lowest BCUT2D eigenvalue weighted by molar-refractivity contribution is -0.385. The van der Waals surface area contributed by atoms with E-state index >= 15 is 0 Å². The number of nitrogens with one attached hydrogen (secondary N) is 1. The molecule has 0 aliphatic carbocycles. The van der Waals surface area contributed by atoms with Crippen molar-refractivity contribution in [1.29, 1.82) is 0 Å². The number of methoxy groups -OCH3 is 1. The summed E-state index contributed by atoms with van der Waals surface area (Å²) in [5.41, 5.74) is 0.909. The summed E-state index contributed by atoms with van der Waals surface area (Å²) in [6, 6.07) is 3.02. The van der Waals surface area contributed by atoms with Crippen molar-refractivity contribution in [2.75, 3.05) is 18.2 Å². The highest BCUT2D eigenvalue weighted by molar-refractivity contribution is 7.99. The van der Waals surface area contributed by atoms with Crippen molar-refractivity contribution in [3.63, 3.8) is 0 Å². The van der Waals surface area contributed by atoms with Crippen LogP contribution in [0, 0.1) is 17.0 Å². The average Bonchev–Trinajstić information content (AvgIpc) is 3.03. The van der Waals surface area contributed by atoms with E-state index in [9.17, 15) is 14.9 Å². The number of amides is 1. The molecule has 0 saturated carbocycles. The second kappa shape index (κ2) is 7.97. The number of thioether (sulfide) groups is 1. The van der Waals surface area contributed by atoms with Crippen LogP contribution in [-0.4, -0.2) is 38.5 Å². The number of aromatic nitrogens is 3. The van der Waals surface area contributed by atoms with E-state index in [2.05, 4.69) is 15.5 Å². The highest BCUT2D eigenvalue weighted by Gasteiger charge is 2.18. The summed E-state index contributed by atoms with van der Waals surface area (Å²) < 4.78 is 6.90. The molecule has 1 aromatic heterocycles. The van der Waals surface area contributed by atoms with Gasteiger partial charge in [0.05, 0.1) is 17.8 Å². The molecule has 0 bridgehead atoms. The van der Waals surface area contributed by atoms with Crippen molar-refractivity contribution >= 4 is 29.0 Å². The minimum atomic E-state index is -0.522. The first-order valence-electron chi connectivity index (χ1n) is 7.48. The minimum Gasteiger partial charge on any atom is -0.490 e. The maximum atomic E-state index is 12.2. The van der Waals surface area contributed by atoms with Gasteiger partial charge in [-0.2, -0.15) is 0 Å². The van der Waals surface area contributed by atoms with Gasteiger partial charge in [0.15, 0.2) is 10.9 Å². The van der Waals surface area contributed by atoms with Crippen molar-refractivity contribution in [2.24, 2.45) is 0 Å². The van der Waals surface area contributed by atoms with E-state index in [1.165, 1.54) is 31.0 Å². The van der Waals surface area contributed by atoms with Crippen LogP contribution in [0.5, 0.6) is 5.75 Å². The Bertz CT molecular complexity index is 790. The number of nitrogens with zero attached hydrogens (tertiary/aromatic N) is 4. The van der Waals surface area contributed by atoms with Gasteiger partial charge in [-0.15, -0.1) is 10.2 Å². The minimum absolute atomic E-state index is 0.0955. The molecule has 1 aromatic carbocycles. The molecule has 0 saturated heterocycles. The molecule has 2 aromatic rings. The van der Waals surface area contributed by atoms with E-state index < -0.39 is 4.92 Å². The molecular weight excluding hydrogens is 346 g/mol. The third-order valence-corrected chi connectivity index (χ3v) is 4.38. The summed E-state index contributed by atoms with van der Waals surface area (Å²) in [7, 11) is 1.35. The molecule has 10 heteroatoms. The normalized spacial score (nSPS) is 10.8. The SMILES string of the molecule is COc1cc(NC(=O)CSc2nncn2C(C)C)c(C)cc1[N+](=O)[O-]. The fraction of sp³-hybridized carbons (Fsp3) is 0.400. The summed E-state index contributed by atoms with van der Waals surface area (Å²) in [5.74, 6) is -0.00938. The molecular formula is C15H19N5O4S. The van der Waals surface area contributed by atoms with Gasteiger partial charge in [0.25, 0.3) is 0 Å². The number of carbonyl (C=O) groups excluding carboxylic acids is 1. The molecule has 1 N–H and O–H groups in total. The molecule has 0 unspecified atom stereocenters. The molecule has 0 fully saturated rings. The van der Waals surface area contributed by atoms with Gasteiger partial charge >= 0.3 is 5.69 Å². The maximum Gasteiger partial charge on any atom is 0.311 e. The molecule has 1 heterocycles. The molecule has 9 nitrogen and oxygen atoms in total. The number of aryl methyl sites for hydroxylation is 1. The van der Waals surface area contributed by atoms with E-state index in [0.717, 1.165) is 0 Å². The van der Waals surface area contributed by atoms with E-state index in [1.807, 2.05) is 18.4 Å². The van der Waals surface area contributed by atoms with Gasteiger partial charge in [-0.1, -0.05) is 11.8 Å². The quantitative estimate of drug-likeness (QED) is 0.456. The lowest BCUT2D eigenvalue weighted by Crippen LogP contribution is -2.16. The van der Waals surface area contributed by atoms with Gasteiger partial charge in [-0.25, -0.2) is 0 Å². The van der Waals surface area contributed by atoms with Gasteiger partial charge in [0, 0.05) is 23.9 Å². The number of carbonyl (C=O) groups is 1. The summed E-state index contributed by atoms with van der Waals surface area (Å²) in [5, 5.41) is 22.2. The third kappa shape index (κ3) is 4.47. The summed E-state index contributed by atoms with van der Waals surface area (Å²) in [6.07, 6.45) is 1.62. The highest BCUT2D eigenvalue weighted by Crippen LogP contribution is 2.32. The van der Waals surface area contributed by atoms with Crippen molar-refractivity contribution in [3.8, 4) is 5.75 Å². The van der Waals surface area contributed by atoms with Gasteiger partial charge in [0.1, 0.15) is 6.33 Å². The number of nitro groups is 1. The molecule has 0 spiro atoms. The van der Waals surface area contributed by atoms with Crippen molar-refractivity contribution in [2.45, 2.75) is 32.0 Å². The predicted molar refractivity (Wildman–Crippen MR) is 94.1 cm³/mol. The van der Waals surface area contributed by atoms with Crippen LogP contribution < -0.4 is 10.1 Å². The van der Waals surface area contributed by atoms with Crippen LogP contribution in [0.3, 0.4) is 0 Å². The van der Waals surface area contributed by atoms with Gasteiger partial charge in [-0.05, 0) is 26.3 Å². The van der Waals surface area contributed by atoms with E-state index in [4.69, 9.17) is 4.74 Å². The largest absolute Gasteiger partial charge is 0.490 e. The van der Waals surface area contributed by atoms with Crippen LogP contribution in [0.1, 0.15) is 25.5 Å². The molecule has 1 amide bonds. The number of rotatable bonds is 7. The van der Waals surface area contributed by atoms with Crippen LogP contribution in [0.4, 0.5) is 11.4 Å². The zero-order valence-corrected chi connectivity index (χ0v) is 15.2. The number of hydrogen-bond donors (Lipinski definition) is 1. The number of anilines is 1.